The largest absolute Gasteiger partial charge is 0.457 e. The van der Waals surface area contributed by atoms with Crippen molar-refractivity contribution in [3.05, 3.63) is 95.9 Å². The summed E-state index contributed by atoms with van der Waals surface area (Å²) in [5, 5.41) is 0. The highest BCUT2D eigenvalue weighted by Crippen LogP contribution is 2.24. The molecule has 1 aromatic heterocycles. The molecule has 1 unspecified atom stereocenters. The number of rotatable bonds is 5. The van der Waals surface area contributed by atoms with Gasteiger partial charge in [-0.25, -0.2) is 4.79 Å². The maximum absolute atomic E-state index is 12.7. The van der Waals surface area contributed by atoms with Gasteiger partial charge < -0.3 is 9.15 Å². The first-order chi connectivity index (χ1) is 11.3. The van der Waals surface area contributed by atoms with E-state index in [0.717, 1.165) is 0 Å². The molecule has 0 aliphatic rings. The second-order valence-electron chi connectivity index (χ2n) is 4.90. The minimum atomic E-state index is -1.02. The summed E-state index contributed by atoms with van der Waals surface area (Å²) in [5.74, 6) is -0.892. The highest BCUT2D eigenvalue weighted by molar-refractivity contribution is 6.01. The average Bonchev–Trinajstić information content (AvgIpc) is 3.15. The van der Waals surface area contributed by atoms with E-state index in [4.69, 9.17) is 9.15 Å². The van der Waals surface area contributed by atoms with E-state index < -0.39 is 12.1 Å². The number of hydrogen-bond donors (Lipinski definition) is 0. The SMILES string of the molecule is O=C(OC(C(=O)c1ccccc1)c1ccccc1)c1ccco1. The zero-order chi connectivity index (χ0) is 16.1. The molecule has 23 heavy (non-hydrogen) atoms. The van der Waals surface area contributed by atoms with Gasteiger partial charge in [-0.3, -0.25) is 4.79 Å². The molecule has 0 amide bonds. The van der Waals surface area contributed by atoms with Crippen molar-refractivity contribution in [2.75, 3.05) is 0 Å². The number of hydrogen-bond acceptors (Lipinski definition) is 4. The first kappa shape index (κ1) is 14.8. The Kier molecular flexibility index (Phi) is 4.34. The third kappa shape index (κ3) is 3.37. The third-order valence-electron chi connectivity index (χ3n) is 3.35. The molecule has 0 spiro atoms. The van der Waals surface area contributed by atoms with Crippen LogP contribution >= 0.6 is 0 Å². The van der Waals surface area contributed by atoms with E-state index in [0.29, 0.717) is 11.1 Å². The van der Waals surface area contributed by atoms with Gasteiger partial charge in [-0.1, -0.05) is 60.7 Å². The van der Waals surface area contributed by atoms with Crippen molar-refractivity contribution < 1.29 is 18.7 Å². The Bertz CT molecular complexity index is 777. The van der Waals surface area contributed by atoms with E-state index in [1.807, 2.05) is 12.1 Å². The summed E-state index contributed by atoms with van der Waals surface area (Å²) in [7, 11) is 0. The molecular weight excluding hydrogens is 292 g/mol. The van der Waals surface area contributed by atoms with Gasteiger partial charge in [-0.05, 0) is 12.1 Å². The molecule has 0 radical (unpaired) electrons. The monoisotopic (exact) mass is 306 g/mol. The van der Waals surface area contributed by atoms with Crippen LogP contribution in [0.25, 0.3) is 0 Å². The summed E-state index contributed by atoms with van der Waals surface area (Å²) >= 11 is 0. The van der Waals surface area contributed by atoms with Crippen LogP contribution in [0.2, 0.25) is 0 Å². The fourth-order valence-electron chi connectivity index (χ4n) is 2.21. The summed E-state index contributed by atoms with van der Waals surface area (Å²) in [6.45, 7) is 0. The molecule has 114 valence electrons. The lowest BCUT2D eigenvalue weighted by molar-refractivity contribution is 0.0250. The third-order valence-corrected chi connectivity index (χ3v) is 3.35. The number of esters is 1. The van der Waals surface area contributed by atoms with E-state index in [2.05, 4.69) is 0 Å². The average molecular weight is 306 g/mol. The molecule has 4 nitrogen and oxygen atoms in total. The Morgan fingerprint density at radius 2 is 1.48 bits per heavy atom. The van der Waals surface area contributed by atoms with Crippen LogP contribution in [0, 0.1) is 0 Å². The lowest BCUT2D eigenvalue weighted by Crippen LogP contribution is -2.20. The van der Waals surface area contributed by atoms with Crippen LogP contribution in [0.4, 0.5) is 0 Å². The van der Waals surface area contributed by atoms with Crippen molar-refractivity contribution in [2.45, 2.75) is 6.10 Å². The number of carbonyl (C=O) groups excluding carboxylic acids is 2. The maximum atomic E-state index is 12.7. The molecule has 3 rings (SSSR count). The second kappa shape index (κ2) is 6.75. The maximum Gasteiger partial charge on any atom is 0.375 e. The number of furan rings is 1. The Labute approximate surface area is 133 Å². The van der Waals surface area contributed by atoms with Crippen LogP contribution in [0.5, 0.6) is 0 Å². The molecular formula is C19H14O4. The summed E-state index contributed by atoms with van der Waals surface area (Å²) < 4.78 is 10.4. The predicted molar refractivity (Wildman–Crippen MR) is 84.1 cm³/mol. The van der Waals surface area contributed by atoms with Crippen molar-refractivity contribution >= 4 is 11.8 Å². The first-order valence-corrected chi connectivity index (χ1v) is 7.14. The van der Waals surface area contributed by atoms with Gasteiger partial charge in [-0.15, -0.1) is 0 Å². The number of benzene rings is 2. The molecule has 2 aromatic carbocycles. The van der Waals surface area contributed by atoms with Crippen LogP contribution in [-0.2, 0) is 4.74 Å². The minimum Gasteiger partial charge on any atom is -0.457 e. The molecule has 1 heterocycles. The van der Waals surface area contributed by atoms with Crippen LogP contribution in [-0.4, -0.2) is 11.8 Å². The quantitative estimate of drug-likeness (QED) is 0.527. The van der Waals surface area contributed by atoms with Crippen molar-refractivity contribution in [3.8, 4) is 0 Å². The zero-order valence-corrected chi connectivity index (χ0v) is 12.2. The van der Waals surface area contributed by atoms with Gasteiger partial charge in [0, 0.05) is 11.1 Å². The highest BCUT2D eigenvalue weighted by Gasteiger charge is 2.27. The molecule has 0 saturated carbocycles. The van der Waals surface area contributed by atoms with Gasteiger partial charge in [0.25, 0.3) is 0 Å². The number of ketones is 1. The Balaban J connectivity index is 1.91. The first-order valence-electron chi connectivity index (χ1n) is 7.14. The van der Waals surface area contributed by atoms with Crippen LogP contribution in [0.15, 0.2) is 83.5 Å². The molecule has 3 aromatic rings. The van der Waals surface area contributed by atoms with E-state index in [1.165, 1.54) is 12.3 Å². The standard InChI is InChI=1S/C19H14O4/c20-17(14-8-3-1-4-9-14)18(15-10-5-2-6-11-15)23-19(21)16-12-7-13-22-16/h1-13,18H. The molecule has 0 saturated heterocycles. The lowest BCUT2D eigenvalue weighted by Gasteiger charge is -2.16. The predicted octanol–water partition coefficient (Wildman–Crippen LogP) is 4.06. The summed E-state index contributed by atoms with van der Waals surface area (Å²) in [6, 6.07) is 20.8. The van der Waals surface area contributed by atoms with Crippen LogP contribution in [0.1, 0.15) is 32.6 Å². The number of Topliss-reactive ketones (excluding diaryl/α,β-unsaturated/α-hetero) is 1. The van der Waals surface area contributed by atoms with Crippen molar-refractivity contribution in [3.63, 3.8) is 0 Å². The van der Waals surface area contributed by atoms with Gasteiger partial charge in [0.1, 0.15) is 0 Å². The van der Waals surface area contributed by atoms with Gasteiger partial charge in [-0.2, -0.15) is 0 Å². The smallest absolute Gasteiger partial charge is 0.375 e. The summed E-state index contributed by atoms with van der Waals surface area (Å²) in [6.07, 6.45) is 0.365. The Morgan fingerprint density at radius 3 is 2.09 bits per heavy atom. The molecule has 4 heteroatoms. The van der Waals surface area contributed by atoms with Gasteiger partial charge >= 0.3 is 5.97 Å². The molecule has 0 fully saturated rings. The van der Waals surface area contributed by atoms with Crippen molar-refractivity contribution in [1.29, 1.82) is 0 Å². The van der Waals surface area contributed by atoms with Crippen molar-refractivity contribution in [2.24, 2.45) is 0 Å². The number of carbonyl (C=O) groups is 2. The van der Waals surface area contributed by atoms with E-state index >= 15 is 0 Å². The molecule has 0 aliphatic heterocycles. The zero-order valence-electron chi connectivity index (χ0n) is 12.2. The fraction of sp³-hybridized carbons (Fsp3) is 0.0526. The Hall–Kier alpha value is -3.14. The van der Waals surface area contributed by atoms with E-state index in [9.17, 15) is 9.59 Å². The van der Waals surface area contributed by atoms with Gasteiger partial charge in [0.05, 0.1) is 6.26 Å². The second-order valence-corrected chi connectivity index (χ2v) is 4.90. The van der Waals surface area contributed by atoms with Crippen LogP contribution < -0.4 is 0 Å². The summed E-state index contributed by atoms with van der Waals surface area (Å²) in [5.41, 5.74) is 1.09. The van der Waals surface area contributed by atoms with E-state index in [-0.39, 0.29) is 11.5 Å². The highest BCUT2D eigenvalue weighted by atomic mass is 16.6. The Morgan fingerprint density at radius 1 is 0.826 bits per heavy atom. The molecule has 1 atom stereocenters. The number of ether oxygens (including phenoxy) is 1. The van der Waals surface area contributed by atoms with Gasteiger partial charge in [0.2, 0.25) is 11.5 Å². The molecule has 0 N–H and O–H groups in total. The van der Waals surface area contributed by atoms with E-state index in [1.54, 1.807) is 54.6 Å². The van der Waals surface area contributed by atoms with Gasteiger partial charge in [0.15, 0.2) is 6.10 Å². The normalized spacial score (nSPS) is 11.7. The topological polar surface area (TPSA) is 56.5 Å². The summed E-state index contributed by atoms with van der Waals surface area (Å²) in [4.78, 5) is 24.9. The van der Waals surface area contributed by atoms with Crippen molar-refractivity contribution in [1.82, 2.24) is 0 Å². The molecule has 0 bridgehead atoms. The lowest BCUT2D eigenvalue weighted by atomic mass is 10.00. The molecule has 0 aliphatic carbocycles. The fourth-order valence-corrected chi connectivity index (χ4v) is 2.21. The van der Waals surface area contributed by atoms with Crippen LogP contribution in [0.3, 0.4) is 0 Å². The minimum absolute atomic E-state index is 0.0618.